The highest BCUT2D eigenvalue weighted by Gasteiger charge is 2.15. The summed E-state index contributed by atoms with van der Waals surface area (Å²) in [7, 11) is 0. The molecule has 17 heavy (non-hydrogen) atoms. The number of halogens is 1. The van der Waals surface area contributed by atoms with E-state index in [4.69, 9.17) is 5.73 Å². The van der Waals surface area contributed by atoms with E-state index in [1.54, 1.807) is 6.07 Å². The highest BCUT2D eigenvalue weighted by molar-refractivity contribution is 9.10. The Labute approximate surface area is 110 Å². The number of anilines is 1. The van der Waals surface area contributed by atoms with Crippen molar-refractivity contribution < 1.29 is 4.79 Å². The first-order valence-electron chi connectivity index (χ1n) is 5.97. The van der Waals surface area contributed by atoms with Crippen LogP contribution in [-0.2, 0) is 0 Å². The van der Waals surface area contributed by atoms with Crippen LogP contribution in [0.1, 0.15) is 29.6 Å². The van der Waals surface area contributed by atoms with Crippen molar-refractivity contribution in [3.63, 3.8) is 0 Å². The normalized spacial score (nSPS) is 17.0. The summed E-state index contributed by atoms with van der Waals surface area (Å²) in [6.45, 7) is 2.59. The molecule has 1 heterocycles. The molecule has 1 aromatic carbocycles. The number of nitrogens with two attached hydrogens (primary N) is 1. The first-order valence-corrected chi connectivity index (χ1v) is 6.77. The van der Waals surface area contributed by atoms with Crippen LogP contribution < -0.4 is 5.73 Å². The van der Waals surface area contributed by atoms with Crippen molar-refractivity contribution >= 4 is 27.4 Å². The molecule has 0 aliphatic carbocycles. The van der Waals surface area contributed by atoms with Gasteiger partial charge in [-0.15, -0.1) is 0 Å². The smallest absolute Gasteiger partial charge is 0.176 e. The molecule has 0 amide bonds. The second-order valence-corrected chi connectivity index (χ2v) is 5.35. The van der Waals surface area contributed by atoms with E-state index in [0.717, 1.165) is 17.6 Å². The van der Waals surface area contributed by atoms with Crippen molar-refractivity contribution in [2.24, 2.45) is 0 Å². The van der Waals surface area contributed by atoms with Gasteiger partial charge in [-0.3, -0.25) is 9.69 Å². The molecule has 0 radical (unpaired) electrons. The monoisotopic (exact) mass is 296 g/mol. The Kier molecular flexibility index (Phi) is 4.18. The fourth-order valence-electron chi connectivity index (χ4n) is 2.13. The van der Waals surface area contributed by atoms with Gasteiger partial charge in [0.25, 0.3) is 0 Å². The number of nitrogens with zero attached hydrogens (tertiary/aromatic N) is 1. The van der Waals surface area contributed by atoms with Crippen LogP contribution in [0, 0.1) is 0 Å². The van der Waals surface area contributed by atoms with Crippen molar-refractivity contribution in [1.29, 1.82) is 0 Å². The molecule has 0 bridgehead atoms. The number of Topliss-reactive ketones (excluding diaryl/α,β-unsaturated/α-hetero) is 1. The van der Waals surface area contributed by atoms with E-state index >= 15 is 0 Å². The molecular formula is C13H17BrN2O. The third kappa shape index (κ3) is 3.30. The largest absolute Gasteiger partial charge is 0.398 e. The number of benzene rings is 1. The number of carbonyl (C=O) groups excluding carboxylic acids is 1. The van der Waals surface area contributed by atoms with Gasteiger partial charge in [-0.05, 0) is 54.0 Å². The van der Waals surface area contributed by atoms with E-state index < -0.39 is 0 Å². The lowest BCUT2D eigenvalue weighted by atomic mass is 10.1. The topological polar surface area (TPSA) is 46.3 Å². The van der Waals surface area contributed by atoms with Crippen LogP contribution in [0.2, 0.25) is 0 Å². The molecule has 2 rings (SSSR count). The van der Waals surface area contributed by atoms with Gasteiger partial charge in [0.1, 0.15) is 0 Å². The van der Waals surface area contributed by atoms with E-state index in [1.807, 2.05) is 12.1 Å². The van der Waals surface area contributed by atoms with Gasteiger partial charge in [-0.1, -0.05) is 12.5 Å². The van der Waals surface area contributed by atoms with Gasteiger partial charge in [-0.25, -0.2) is 0 Å². The zero-order chi connectivity index (χ0) is 12.3. The maximum absolute atomic E-state index is 12.1. The molecule has 1 aromatic rings. The molecular weight excluding hydrogens is 280 g/mol. The Bertz CT molecular complexity index is 414. The summed E-state index contributed by atoms with van der Waals surface area (Å²) in [6.07, 6.45) is 3.70. The Morgan fingerprint density at radius 3 is 2.65 bits per heavy atom. The van der Waals surface area contributed by atoms with Gasteiger partial charge >= 0.3 is 0 Å². The maximum atomic E-state index is 12.1. The van der Waals surface area contributed by atoms with Gasteiger partial charge < -0.3 is 5.73 Å². The fourth-order valence-corrected chi connectivity index (χ4v) is 2.38. The quantitative estimate of drug-likeness (QED) is 0.689. The van der Waals surface area contributed by atoms with Crippen LogP contribution in [0.15, 0.2) is 22.7 Å². The molecule has 0 saturated carbocycles. The summed E-state index contributed by atoms with van der Waals surface area (Å²) in [6, 6.07) is 5.40. The zero-order valence-electron chi connectivity index (χ0n) is 9.79. The summed E-state index contributed by atoms with van der Waals surface area (Å²) < 4.78 is 0.840. The SMILES string of the molecule is Nc1cc(C(=O)CN2CCCCC2)ccc1Br. The number of rotatable bonds is 3. The van der Waals surface area contributed by atoms with Crippen molar-refractivity contribution in [2.45, 2.75) is 19.3 Å². The third-order valence-electron chi connectivity index (χ3n) is 3.13. The second kappa shape index (κ2) is 5.65. The number of piperidine rings is 1. The molecule has 1 aliphatic heterocycles. The molecule has 0 spiro atoms. The standard InChI is InChI=1S/C13H17BrN2O/c14-11-5-4-10(8-12(11)15)13(17)9-16-6-2-1-3-7-16/h4-5,8H,1-3,6-7,9,15H2. The highest BCUT2D eigenvalue weighted by Crippen LogP contribution is 2.20. The number of likely N-dealkylation sites (tertiary alicyclic amines) is 1. The molecule has 0 aromatic heterocycles. The van der Waals surface area contributed by atoms with Crippen LogP contribution in [0.5, 0.6) is 0 Å². The summed E-state index contributed by atoms with van der Waals surface area (Å²) >= 11 is 3.33. The molecule has 0 unspecified atom stereocenters. The van der Waals surface area contributed by atoms with Crippen molar-refractivity contribution in [2.75, 3.05) is 25.4 Å². The average molecular weight is 297 g/mol. The lowest BCUT2D eigenvalue weighted by Crippen LogP contribution is -2.34. The highest BCUT2D eigenvalue weighted by atomic mass is 79.9. The first-order chi connectivity index (χ1) is 8.16. The average Bonchev–Trinajstić information content (AvgIpc) is 2.34. The van der Waals surface area contributed by atoms with Crippen LogP contribution in [0.25, 0.3) is 0 Å². The Balaban J connectivity index is 2.01. The summed E-state index contributed by atoms with van der Waals surface area (Å²) in [5.41, 5.74) is 7.10. The van der Waals surface area contributed by atoms with Crippen LogP contribution in [-0.4, -0.2) is 30.3 Å². The zero-order valence-corrected chi connectivity index (χ0v) is 11.4. The van der Waals surface area contributed by atoms with Gasteiger partial charge in [0.15, 0.2) is 5.78 Å². The lowest BCUT2D eigenvalue weighted by Gasteiger charge is -2.25. The molecule has 3 nitrogen and oxygen atoms in total. The minimum Gasteiger partial charge on any atom is -0.398 e. The molecule has 92 valence electrons. The van der Waals surface area contributed by atoms with Crippen LogP contribution in [0.3, 0.4) is 0 Å². The van der Waals surface area contributed by atoms with Gasteiger partial charge in [0.2, 0.25) is 0 Å². The Morgan fingerprint density at radius 1 is 1.29 bits per heavy atom. The summed E-state index contributed by atoms with van der Waals surface area (Å²) in [5, 5.41) is 0. The molecule has 1 fully saturated rings. The molecule has 1 saturated heterocycles. The van der Waals surface area contributed by atoms with Gasteiger partial charge in [0.05, 0.1) is 6.54 Å². The molecule has 1 aliphatic rings. The van der Waals surface area contributed by atoms with E-state index in [9.17, 15) is 4.79 Å². The van der Waals surface area contributed by atoms with E-state index in [0.29, 0.717) is 17.8 Å². The second-order valence-electron chi connectivity index (χ2n) is 4.50. The molecule has 2 N–H and O–H groups in total. The summed E-state index contributed by atoms with van der Waals surface area (Å²) in [4.78, 5) is 14.3. The molecule has 0 atom stereocenters. The first kappa shape index (κ1) is 12.6. The number of nitrogen functional groups attached to an aromatic ring is 1. The maximum Gasteiger partial charge on any atom is 0.176 e. The number of hydrogen-bond acceptors (Lipinski definition) is 3. The number of ketones is 1. The minimum atomic E-state index is 0.158. The Morgan fingerprint density at radius 2 is 2.00 bits per heavy atom. The van der Waals surface area contributed by atoms with Crippen molar-refractivity contribution in [1.82, 2.24) is 4.90 Å². The lowest BCUT2D eigenvalue weighted by molar-refractivity contribution is 0.0916. The third-order valence-corrected chi connectivity index (χ3v) is 3.86. The minimum absolute atomic E-state index is 0.158. The van der Waals surface area contributed by atoms with Crippen LogP contribution >= 0.6 is 15.9 Å². The van der Waals surface area contributed by atoms with E-state index in [1.165, 1.54) is 19.3 Å². The van der Waals surface area contributed by atoms with E-state index in [-0.39, 0.29) is 5.78 Å². The predicted molar refractivity (Wildman–Crippen MR) is 73.2 cm³/mol. The predicted octanol–water partition coefficient (Wildman–Crippen LogP) is 2.70. The fraction of sp³-hybridized carbons (Fsp3) is 0.462. The Hall–Kier alpha value is -0.870. The summed E-state index contributed by atoms with van der Waals surface area (Å²) in [5.74, 6) is 0.158. The van der Waals surface area contributed by atoms with Crippen LogP contribution in [0.4, 0.5) is 5.69 Å². The van der Waals surface area contributed by atoms with Crippen molar-refractivity contribution in [3.05, 3.63) is 28.2 Å². The van der Waals surface area contributed by atoms with Crippen molar-refractivity contribution in [3.8, 4) is 0 Å². The number of hydrogen-bond donors (Lipinski definition) is 1. The van der Waals surface area contributed by atoms with Gasteiger partial charge in [0, 0.05) is 15.7 Å². The van der Waals surface area contributed by atoms with E-state index in [2.05, 4.69) is 20.8 Å². The molecule has 4 heteroatoms. The number of carbonyl (C=O) groups is 1. The van der Waals surface area contributed by atoms with Gasteiger partial charge in [-0.2, -0.15) is 0 Å².